The third-order valence-corrected chi connectivity index (χ3v) is 8.09. The van der Waals surface area contributed by atoms with Crippen LogP contribution in [0.3, 0.4) is 0 Å². The van der Waals surface area contributed by atoms with E-state index in [0.717, 1.165) is 78.8 Å². The number of hydrogen-bond acceptors (Lipinski definition) is 6. The number of amides is 1. The fourth-order valence-corrected chi connectivity index (χ4v) is 5.48. The molecule has 9 nitrogen and oxygen atoms in total. The number of carbonyl (C=O) groups excluding carboxylic acids is 1. The van der Waals surface area contributed by atoms with Gasteiger partial charge in [0.05, 0.1) is 23.5 Å². The number of piperidine rings is 1. The van der Waals surface area contributed by atoms with Crippen LogP contribution in [0.15, 0.2) is 49.2 Å². The van der Waals surface area contributed by atoms with Crippen LogP contribution >= 0.6 is 0 Å². The van der Waals surface area contributed by atoms with Crippen molar-refractivity contribution in [3.63, 3.8) is 0 Å². The Morgan fingerprint density at radius 2 is 1.95 bits per heavy atom. The molecule has 0 spiro atoms. The number of nitrogens with one attached hydrogen (secondary N) is 1. The highest BCUT2D eigenvalue weighted by molar-refractivity contribution is 5.87. The molecule has 0 unspecified atom stereocenters. The zero-order chi connectivity index (χ0) is 27.0. The molecule has 1 aliphatic carbocycles. The van der Waals surface area contributed by atoms with Crippen molar-refractivity contribution in [2.45, 2.75) is 32.1 Å². The Labute approximate surface area is 227 Å². The lowest BCUT2D eigenvalue weighted by atomic mass is 9.95. The summed E-state index contributed by atoms with van der Waals surface area (Å²) in [7, 11) is 1.88. The number of nitriles is 1. The number of pyridine rings is 2. The van der Waals surface area contributed by atoms with Crippen molar-refractivity contribution in [3.05, 3.63) is 54.7 Å². The van der Waals surface area contributed by atoms with Crippen LogP contribution in [0.4, 0.5) is 5.82 Å². The van der Waals surface area contributed by atoms with Crippen LogP contribution in [0, 0.1) is 35.0 Å². The molecule has 1 saturated carbocycles. The number of hydrogen-bond donors (Lipinski definition) is 1. The van der Waals surface area contributed by atoms with Gasteiger partial charge >= 0.3 is 0 Å². The average molecular weight is 519 g/mol. The van der Waals surface area contributed by atoms with E-state index in [4.69, 9.17) is 11.4 Å². The second-order valence-corrected chi connectivity index (χ2v) is 10.8. The molecule has 4 aromatic rings. The van der Waals surface area contributed by atoms with E-state index in [1.54, 1.807) is 15.4 Å². The van der Waals surface area contributed by atoms with Crippen LogP contribution in [0.5, 0.6) is 0 Å². The van der Waals surface area contributed by atoms with Gasteiger partial charge in [0, 0.05) is 79.9 Å². The SMILES string of the molecule is C#CCC1(CNC(=O)C2CCN(c3ccc(-c4cc(-c5cnn(C)c5)cn5ncc(C#N)c45)cn3)CC2)CC1. The number of nitrogens with zero attached hydrogens (tertiary/aromatic N) is 7. The van der Waals surface area contributed by atoms with Crippen LogP contribution in [-0.2, 0) is 11.8 Å². The molecule has 1 saturated heterocycles. The highest BCUT2D eigenvalue weighted by atomic mass is 16.1. The van der Waals surface area contributed by atoms with Gasteiger partial charge in [-0.15, -0.1) is 12.3 Å². The molecule has 0 bridgehead atoms. The topological polar surface area (TPSA) is 104 Å². The summed E-state index contributed by atoms with van der Waals surface area (Å²) in [5.41, 5.74) is 5.12. The lowest BCUT2D eigenvalue weighted by Crippen LogP contribution is -2.42. The Balaban J connectivity index is 1.17. The number of terminal acetylenes is 1. The van der Waals surface area contributed by atoms with E-state index < -0.39 is 0 Å². The molecule has 2 aliphatic rings. The van der Waals surface area contributed by atoms with Gasteiger partial charge in [-0.2, -0.15) is 15.5 Å². The Morgan fingerprint density at radius 3 is 2.59 bits per heavy atom. The quantitative estimate of drug-likeness (QED) is 0.373. The first kappa shape index (κ1) is 24.7. The smallest absolute Gasteiger partial charge is 0.223 e. The van der Waals surface area contributed by atoms with Gasteiger partial charge < -0.3 is 10.2 Å². The maximum absolute atomic E-state index is 12.8. The summed E-state index contributed by atoms with van der Waals surface area (Å²) in [5.74, 6) is 3.81. The van der Waals surface area contributed by atoms with Gasteiger partial charge in [-0.25, -0.2) is 9.50 Å². The zero-order valence-corrected chi connectivity index (χ0v) is 22.0. The van der Waals surface area contributed by atoms with Gasteiger partial charge in [0.2, 0.25) is 5.91 Å². The first-order valence-electron chi connectivity index (χ1n) is 13.3. The second-order valence-electron chi connectivity index (χ2n) is 10.8. The number of aryl methyl sites for hydroxylation is 1. The summed E-state index contributed by atoms with van der Waals surface area (Å²) in [6.07, 6.45) is 19.2. The van der Waals surface area contributed by atoms with Crippen LogP contribution in [0.1, 0.15) is 37.7 Å². The van der Waals surface area contributed by atoms with Gasteiger partial charge in [-0.05, 0) is 49.3 Å². The zero-order valence-electron chi connectivity index (χ0n) is 22.0. The van der Waals surface area contributed by atoms with E-state index in [-0.39, 0.29) is 17.2 Å². The molecule has 0 atom stereocenters. The molecular weight excluding hydrogens is 488 g/mol. The molecule has 39 heavy (non-hydrogen) atoms. The minimum atomic E-state index is 0.0249. The Hall–Kier alpha value is -4.63. The van der Waals surface area contributed by atoms with E-state index in [1.165, 1.54) is 0 Å². The predicted molar refractivity (Wildman–Crippen MR) is 148 cm³/mol. The largest absolute Gasteiger partial charge is 0.357 e. The molecule has 0 aromatic carbocycles. The molecule has 1 amide bonds. The van der Waals surface area contributed by atoms with Crippen molar-refractivity contribution >= 4 is 17.2 Å². The van der Waals surface area contributed by atoms with E-state index in [2.05, 4.69) is 38.5 Å². The van der Waals surface area contributed by atoms with Gasteiger partial charge in [-0.1, -0.05) is 0 Å². The molecule has 4 aromatic heterocycles. The van der Waals surface area contributed by atoms with Crippen molar-refractivity contribution < 1.29 is 4.79 Å². The Kier molecular flexibility index (Phi) is 6.28. The van der Waals surface area contributed by atoms with Crippen LogP contribution in [0.2, 0.25) is 0 Å². The molecule has 6 rings (SSSR count). The minimum Gasteiger partial charge on any atom is -0.357 e. The second kappa shape index (κ2) is 9.92. The van der Waals surface area contributed by atoms with Gasteiger partial charge in [0.1, 0.15) is 11.9 Å². The standard InChI is InChI=1S/C30H30N8O/c1-3-8-30(9-10-30)20-33-29(39)21-6-11-37(12-7-21)27-5-4-22(15-32-27)26-13-23(25-17-34-36(2)18-25)19-38-28(26)24(14-31)16-35-38/h1,4-5,13,15-19,21H,6-12,20H2,2H3,(H,33,39). The normalized spacial score (nSPS) is 16.5. The van der Waals surface area contributed by atoms with E-state index in [9.17, 15) is 10.1 Å². The summed E-state index contributed by atoms with van der Waals surface area (Å²) in [6.45, 7) is 2.25. The number of aromatic nitrogens is 5. The first-order valence-corrected chi connectivity index (χ1v) is 13.3. The third-order valence-electron chi connectivity index (χ3n) is 8.09. The average Bonchev–Trinajstić information content (AvgIpc) is 3.38. The summed E-state index contributed by atoms with van der Waals surface area (Å²) in [4.78, 5) is 19.8. The summed E-state index contributed by atoms with van der Waals surface area (Å²) >= 11 is 0. The monoisotopic (exact) mass is 518 g/mol. The molecule has 2 fully saturated rings. The maximum atomic E-state index is 12.8. The van der Waals surface area contributed by atoms with Crippen molar-refractivity contribution in [2.75, 3.05) is 24.5 Å². The number of fused-ring (bicyclic) bond motifs is 1. The molecular formula is C30H30N8O. The Bertz CT molecular complexity index is 1610. The molecule has 9 heteroatoms. The summed E-state index contributed by atoms with van der Waals surface area (Å²) < 4.78 is 3.51. The molecule has 0 radical (unpaired) electrons. The Morgan fingerprint density at radius 1 is 1.13 bits per heavy atom. The summed E-state index contributed by atoms with van der Waals surface area (Å²) in [6, 6.07) is 8.37. The first-order chi connectivity index (χ1) is 19.0. The highest BCUT2D eigenvalue weighted by Crippen LogP contribution is 2.48. The van der Waals surface area contributed by atoms with Crippen LogP contribution in [0.25, 0.3) is 27.8 Å². The van der Waals surface area contributed by atoms with Crippen molar-refractivity contribution in [1.82, 2.24) is 29.7 Å². The summed E-state index contributed by atoms with van der Waals surface area (Å²) in [5, 5.41) is 21.6. The van der Waals surface area contributed by atoms with Gasteiger partial charge in [-0.3, -0.25) is 9.48 Å². The highest BCUT2D eigenvalue weighted by Gasteiger charge is 2.42. The lowest BCUT2D eigenvalue weighted by molar-refractivity contribution is -0.125. The van der Waals surface area contributed by atoms with Gasteiger partial charge in [0.15, 0.2) is 0 Å². The molecule has 196 valence electrons. The predicted octanol–water partition coefficient (Wildman–Crippen LogP) is 3.80. The molecule has 1 aliphatic heterocycles. The molecule has 5 heterocycles. The van der Waals surface area contributed by atoms with Crippen molar-refractivity contribution in [2.24, 2.45) is 18.4 Å². The number of carbonyl (C=O) groups is 1. The lowest BCUT2D eigenvalue weighted by Gasteiger charge is -2.32. The fourth-order valence-electron chi connectivity index (χ4n) is 5.48. The molecule has 1 N–H and O–H groups in total. The van der Waals surface area contributed by atoms with Gasteiger partial charge in [0.25, 0.3) is 0 Å². The van der Waals surface area contributed by atoms with Crippen molar-refractivity contribution in [3.8, 4) is 40.7 Å². The number of rotatable bonds is 7. The van der Waals surface area contributed by atoms with E-state index in [0.29, 0.717) is 12.1 Å². The van der Waals surface area contributed by atoms with Crippen LogP contribution < -0.4 is 10.2 Å². The van der Waals surface area contributed by atoms with Crippen molar-refractivity contribution in [1.29, 1.82) is 5.26 Å². The maximum Gasteiger partial charge on any atom is 0.223 e. The van der Waals surface area contributed by atoms with E-state index >= 15 is 0 Å². The number of anilines is 1. The third kappa shape index (κ3) is 4.84. The van der Waals surface area contributed by atoms with Crippen LogP contribution in [-0.4, -0.2) is 49.9 Å². The fraction of sp³-hybridized carbons (Fsp3) is 0.367. The minimum absolute atomic E-state index is 0.0249. The van der Waals surface area contributed by atoms with E-state index in [1.807, 2.05) is 44.0 Å².